The molecule has 3 aromatic rings. The first-order valence-corrected chi connectivity index (χ1v) is 10.2. The summed E-state index contributed by atoms with van der Waals surface area (Å²) in [6, 6.07) is 13.1. The Balaban J connectivity index is 1.62. The van der Waals surface area contributed by atoms with Crippen molar-refractivity contribution >= 4 is 27.0 Å². The number of carbonyl (C=O) groups is 1. The van der Waals surface area contributed by atoms with Crippen LogP contribution in [-0.2, 0) is 26.1 Å². The Bertz CT molecular complexity index is 1130. The quantitative estimate of drug-likeness (QED) is 0.655. The van der Waals surface area contributed by atoms with Gasteiger partial charge in [-0.15, -0.1) is 0 Å². The molecule has 146 valence electrons. The van der Waals surface area contributed by atoms with Crippen molar-refractivity contribution in [3.63, 3.8) is 0 Å². The van der Waals surface area contributed by atoms with E-state index in [1.807, 2.05) is 4.57 Å². The lowest BCUT2D eigenvalue weighted by Gasteiger charge is -2.26. The van der Waals surface area contributed by atoms with Crippen molar-refractivity contribution in [3.8, 4) is 0 Å². The van der Waals surface area contributed by atoms with Gasteiger partial charge in [0.25, 0.3) is 0 Å². The van der Waals surface area contributed by atoms with Gasteiger partial charge in [-0.3, -0.25) is 0 Å². The maximum Gasteiger partial charge on any atom is 0.337 e. The number of ether oxygens (including phenoxy) is 2. The monoisotopic (exact) mass is 401 g/mol. The van der Waals surface area contributed by atoms with Gasteiger partial charge >= 0.3 is 5.97 Å². The normalized spacial score (nSPS) is 16.7. The van der Waals surface area contributed by atoms with Gasteiger partial charge < -0.3 is 14.0 Å². The molecule has 1 aromatic heterocycles. The number of carbonyl (C=O) groups excluding carboxylic acids is 1. The Hall–Kier alpha value is -2.75. The van der Waals surface area contributed by atoms with E-state index in [2.05, 4.69) is 9.71 Å². The van der Waals surface area contributed by atoms with Crippen LogP contribution < -0.4 is 4.72 Å². The number of hydrogen-bond acceptors (Lipinski definition) is 6. The van der Waals surface area contributed by atoms with Gasteiger partial charge in [0.2, 0.25) is 10.0 Å². The summed E-state index contributed by atoms with van der Waals surface area (Å²) in [4.78, 5) is 16.5. The maximum absolute atomic E-state index is 12.5. The summed E-state index contributed by atoms with van der Waals surface area (Å²) in [5.74, 6) is 0.253. The SMILES string of the molecule is COC(=O)c1ccc2c(c1)nc1n2C(CNS(=O)(=O)c2ccccc2)COC1. The Labute approximate surface area is 162 Å². The molecule has 0 fully saturated rings. The topological polar surface area (TPSA) is 99.5 Å². The van der Waals surface area contributed by atoms with Crippen LogP contribution in [-0.4, -0.2) is 44.2 Å². The molecule has 28 heavy (non-hydrogen) atoms. The third-order valence-corrected chi connectivity index (χ3v) is 6.09. The fourth-order valence-electron chi connectivity index (χ4n) is 3.30. The van der Waals surface area contributed by atoms with Gasteiger partial charge in [0, 0.05) is 6.54 Å². The first-order valence-electron chi connectivity index (χ1n) is 8.71. The zero-order valence-corrected chi connectivity index (χ0v) is 16.0. The van der Waals surface area contributed by atoms with Gasteiger partial charge in [-0.05, 0) is 30.3 Å². The molecule has 0 spiro atoms. The molecule has 0 bridgehead atoms. The number of esters is 1. The summed E-state index contributed by atoms with van der Waals surface area (Å²) in [5.41, 5.74) is 1.86. The van der Waals surface area contributed by atoms with Gasteiger partial charge in [0.15, 0.2) is 0 Å². The van der Waals surface area contributed by atoms with Crippen LogP contribution >= 0.6 is 0 Å². The zero-order chi connectivity index (χ0) is 19.7. The van der Waals surface area contributed by atoms with Crippen molar-refractivity contribution in [2.24, 2.45) is 0 Å². The van der Waals surface area contributed by atoms with Gasteiger partial charge in [-0.25, -0.2) is 22.9 Å². The largest absolute Gasteiger partial charge is 0.465 e. The minimum atomic E-state index is -3.62. The second-order valence-corrected chi connectivity index (χ2v) is 8.19. The van der Waals surface area contributed by atoms with Crippen LogP contribution in [0.4, 0.5) is 0 Å². The Kier molecular flexibility index (Phi) is 4.88. The molecule has 0 aliphatic carbocycles. The smallest absolute Gasteiger partial charge is 0.337 e. The first-order chi connectivity index (χ1) is 13.5. The van der Waals surface area contributed by atoms with Crippen LogP contribution in [0.25, 0.3) is 11.0 Å². The molecule has 1 unspecified atom stereocenters. The Morgan fingerprint density at radius 2 is 2.07 bits per heavy atom. The maximum atomic E-state index is 12.5. The second kappa shape index (κ2) is 7.34. The number of fused-ring (bicyclic) bond motifs is 3. The van der Waals surface area contributed by atoms with E-state index in [4.69, 9.17) is 9.47 Å². The highest BCUT2D eigenvalue weighted by Crippen LogP contribution is 2.27. The van der Waals surface area contributed by atoms with E-state index in [0.717, 1.165) is 5.52 Å². The first kappa shape index (κ1) is 18.6. The zero-order valence-electron chi connectivity index (χ0n) is 15.2. The summed E-state index contributed by atoms with van der Waals surface area (Å²) in [7, 11) is -2.29. The van der Waals surface area contributed by atoms with Gasteiger partial charge in [0.05, 0.1) is 41.3 Å². The molecule has 0 saturated heterocycles. The minimum Gasteiger partial charge on any atom is -0.465 e. The number of methoxy groups -OCH3 is 1. The average Bonchev–Trinajstić information content (AvgIpc) is 3.10. The van der Waals surface area contributed by atoms with Gasteiger partial charge in [0.1, 0.15) is 12.4 Å². The van der Waals surface area contributed by atoms with Crippen molar-refractivity contribution in [1.82, 2.24) is 14.3 Å². The molecule has 0 saturated carbocycles. The molecule has 1 atom stereocenters. The van der Waals surface area contributed by atoms with E-state index in [-0.39, 0.29) is 17.5 Å². The van der Waals surface area contributed by atoms with Gasteiger partial charge in [-0.1, -0.05) is 18.2 Å². The van der Waals surface area contributed by atoms with Crippen LogP contribution in [0.2, 0.25) is 0 Å². The number of imidazole rings is 1. The van der Waals surface area contributed by atoms with E-state index < -0.39 is 16.0 Å². The van der Waals surface area contributed by atoms with Crippen LogP contribution in [0.5, 0.6) is 0 Å². The number of nitrogens with zero attached hydrogens (tertiary/aromatic N) is 2. The fourth-order valence-corrected chi connectivity index (χ4v) is 4.40. The highest BCUT2D eigenvalue weighted by molar-refractivity contribution is 7.89. The molecule has 9 heteroatoms. The van der Waals surface area contributed by atoms with Crippen LogP contribution in [0.3, 0.4) is 0 Å². The van der Waals surface area contributed by atoms with Crippen LogP contribution in [0.15, 0.2) is 53.4 Å². The molecular formula is C19H19N3O5S. The lowest BCUT2D eigenvalue weighted by Crippen LogP contribution is -2.35. The number of nitrogens with one attached hydrogen (secondary N) is 1. The average molecular weight is 401 g/mol. The van der Waals surface area contributed by atoms with Gasteiger partial charge in [-0.2, -0.15) is 0 Å². The summed E-state index contributed by atoms with van der Waals surface area (Å²) >= 11 is 0. The van der Waals surface area contributed by atoms with Crippen LogP contribution in [0, 0.1) is 0 Å². The van der Waals surface area contributed by atoms with Crippen molar-refractivity contribution in [2.75, 3.05) is 20.3 Å². The standard InChI is InChI=1S/C19H19N3O5S/c1-26-19(23)13-7-8-17-16(9-13)21-18-12-27-11-14(22(17)18)10-20-28(24,25)15-5-3-2-4-6-15/h2-9,14,20H,10-12H2,1H3. The molecular weight excluding hydrogens is 382 g/mol. The van der Waals surface area contributed by atoms with E-state index in [9.17, 15) is 13.2 Å². The number of hydrogen-bond donors (Lipinski definition) is 1. The number of aromatic nitrogens is 2. The molecule has 8 nitrogen and oxygen atoms in total. The molecule has 1 aliphatic rings. The molecule has 0 amide bonds. The summed E-state index contributed by atoms with van der Waals surface area (Å²) in [5, 5.41) is 0. The summed E-state index contributed by atoms with van der Waals surface area (Å²) in [6.45, 7) is 0.840. The Morgan fingerprint density at radius 3 is 2.82 bits per heavy atom. The lowest BCUT2D eigenvalue weighted by atomic mass is 10.2. The van der Waals surface area contributed by atoms with E-state index in [1.54, 1.807) is 48.5 Å². The number of rotatable bonds is 5. The Morgan fingerprint density at radius 1 is 1.29 bits per heavy atom. The summed E-state index contributed by atoms with van der Waals surface area (Å²) in [6.07, 6.45) is 0. The van der Waals surface area contributed by atoms with Crippen molar-refractivity contribution in [2.45, 2.75) is 17.5 Å². The molecule has 2 aromatic carbocycles. The van der Waals surface area contributed by atoms with Crippen LogP contribution in [0.1, 0.15) is 22.2 Å². The molecule has 1 aliphatic heterocycles. The number of sulfonamides is 1. The third kappa shape index (κ3) is 3.39. The third-order valence-electron chi connectivity index (χ3n) is 4.65. The predicted molar refractivity (Wildman–Crippen MR) is 101 cm³/mol. The second-order valence-electron chi connectivity index (χ2n) is 6.43. The predicted octanol–water partition coefficient (Wildman–Crippen LogP) is 1.87. The van der Waals surface area contributed by atoms with Crippen molar-refractivity contribution in [1.29, 1.82) is 0 Å². The van der Waals surface area contributed by atoms with E-state index in [1.165, 1.54) is 7.11 Å². The fraction of sp³-hybridized carbons (Fsp3) is 0.263. The summed E-state index contributed by atoms with van der Waals surface area (Å²) < 4.78 is 40.0. The molecule has 4 rings (SSSR count). The lowest BCUT2D eigenvalue weighted by molar-refractivity contribution is 0.0580. The molecule has 2 heterocycles. The highest BCUT2D eigenvalue weighted by atomic mass is 32.2. The van der Waals surface area contributed by atoms with E-state index in [0.29, 0.717) is 30.1 Å². The molecule has 0 radical (unpaired) electrons. The number of benzene rings is 2. The van der Waals surface area contributed by atoms with Crippen molar-refractivity contribution < 1.29 is 22.7 Å². The highest BCUT2D eigenvalue weighted by Gasteiger charge is 2.26. The minimum absolute atomic E-state index is 0.161. The van der Waals surface area contributed by atoms with Crippen molar-refractivity contribution in [3.05, 3.63) is 59.9 Å². The van der Waals surface area contributed by atoms with E-state index >= 15 is 0 Å². The molecule has 1 N–H and O–H groups in total.